The first kappa shape index (κ1) is 15.0. The Labute approximate surface area is 108 Å². The number of hydrogen-bond donors (Lipinski definition) is 3. The van der Waals surface area contributed by atoms with Crippen LogP contribution in [0.2, 0.25) is 0 Å². The van der Waals surface area contributed by atoms with Gasteiger partial charge in [0.25, 0.3) is 0 Å². The molecule has 1 aliphatic rings. The van der Waals surface area contributed by atoms with Gasteiger partial charge in [0, 0.05) is 19.0 Å². The number of nitrogens with one attached hydrogen (secondary N) is 1. The second kappa shape index (κ2) is 7.36. The normalized spacial score (nSPS) is 25.4. The molecule has 0 aromatic heterocycles. The summed E-state index contributed by atoms with van der Waals surface area (Å²) >= 11 is 0. The van der Waals surface area contributed by atoms with Gasteiger partial charge < -0.3 is 16.2 Å². The van der Waals surface area contributed by atoms with E-state index in [1.807, 2.05) is 6.92 Å². The molecule has 104 valence electrons. The van der Waals surface area contributed by atoms with Gasteiger partial charge in [-0.2, -0.15) is 0 Å². The van der Waals surface area contributed by atoms with Crippen molar-refractivity contribution in [3.8, 4) is 0 Å². The third kappa shape index (κ3) is 5.49. The van der Waals surface area contributed by atoms with E-state index in [-0.39, 0.29) is 17.9 Å². The zero-order valence-corrected chi connectivity index (χ0v) is 11.0. The van der Waals surface area contributed by atoms with Gasteiger partial charge in [-0.1, -0.05) is 0 Å². The maximum absolute atomic E-state index is 11.5. The number of hydrogen-bond acceptors (Lipinski definition) is 3. The van der Waals surface area contributed by atoms with E-state index in [1.54, 1.807) is 0 Å². The molecule has 0 spiro atoms. The fraction of sp³-hybridized carbons (Fsp3) is 0.846. The molecule has 1 saturated carbocycles. The Bertz CT molecular complexity index is 284. The summed E-state index contributed by atoms with van der Waals surface area (Å²) in [6, 6.07) is 0.0572. The lowest BCUT2D eigenvalue weighted by Crippen LogP contribution is -2.33. The third-order valence-electron chi connectivity index (χ3n) is 3.61. The van der Waals surface area contributed by atoms with Crippen LogP contribution in [0.4, 0.5) is 0 Å². The number of aliphatic carboxylic acids is 1. The molecule has 1 atom stereocenters. The highest BCUT2D eigenvalue weighted by molar-refractivity contribution is 5.75. The van der Waals surface area contributed by atoms with Crippen molar-refractivity contribution in [1.82, 2.24) is 5.32 Å². The molecule has 1 fully saturated rings. The van der Waals surface area contributed by atoms with E-state index in [4.69, 9.17) is 10.8 Å². The van der Waals surface area contributed by atoms with Crippen LogP contribution >= 0.6 is 0 Å². The first-order valence-corrected chi connectivity index (χ1v) is 6.74. The number of amides is 1. The average molecular weight is 256 g/mol. The first-order valence-electron chi connectivity index (χ1n) is 6.74. The van der Waals surface area contributed by atoms with Crippen molar-refractivity contribution < 1.29 is 14.7 Å². The highest BCUT2D eigenvalue weighted by Gasteiger charge is 2.25. The third-order valence-corrected chi connectivity index (χ3v) is 3.61. The number of carbonyl (C=O) groups excluding carboxylic acids is 1. The fourth-order valence-corrected chi connectivity index (χ4v) is 2.32. The molecule has 4 N–H and O–H groups in total. The summed E-state index contributed by atoms with van der Waals surface area (Å²) in [5, 5.41) is 11.8. The van der Waals surface area contributed by atoms with Crippen molar-refractivity contribution >= 4 is 11.9 Å². The minimum absolute atomic E-state index is 0.0488. The van der Waals surface area contributed by atoms with E-state index in [0.717, 1.165) is 25.7 Å². The molecular weight excluding hydrogens is 232 g/mol. The second-order valence-electron chi connectivity index (χ2n) is 5.38. The van der Waals surface area contributed by atoms with Crippen molar-refractivity contribution in [3.05, 3.63) is 0 Å². The number of rotatable bonds is 6. The van der Waals surface area contributed by atoms with Crippen LogP contribution in [0.15, 0.2) is 0 Å². The maximum atomic E-state index is 11.5. The number of carboxylic acids is 1. The molecule has 0 aromatic carbocycles. The molecule has 0 heterocycles. The molecule has 5 heteroatoms. The fourth-order valence-electron chi connectivity index (χ4n) is 2.32. The standard InChI is InChI=1S/C13H24N2O3/c1-9(14)2-7-12(16)15-8-10-3-5-11(6-4-10)13(17)18/h9-11H,2-8,14H2,1H3,(H,15,16)(H,17,18). The second-order valence-corrected chi connectivity index (χ2v) is 5.38. The average Bonchev–Trinajstić information content (AvgIpc) is 2.34. The first-order chi connectivity index (χ1) is 8.49. The van der Waals surface area contributed by atoms with Crippen LogP contribution in [0.25, 0.3) is 0 Å². The summed E-state index contributed by atoms with van der Waals surface area (Å²) in [6.45, 7) is 2.56. The number of carbonyl (C=O) groups is 2. The molecular formula is C13H24N2O3. The van der Waals surface area contributed by atoms with Crippen LogP contribution < -0.4 is 11.1 Å². The van der Waals surface area contributed by atoms with Crippen LogP contribution in [0.1, 0.15) is 45.4 Å². The van der Waals surface area contributed by atoms with Gasteiger partial charge in [-0.3, -0.25) is 9.59 Å². The van der Waals surface area contributed by atoms with Gasteiger partial charge in [0.05, 0.1) is 5.92 Å². The van der Waals surface area contributed by atoms with E-state index >= 15 is 0 Å². The quantitative estimate of drug-likeness (QED) is 0.664. The van der Waals surface area contributed by atoms with E-state index in [0.29, 0.717) is 25.3 Å². The Morgan fingerprint density at radius 2 is 1.94 bits per heavy atom. The van der Waals surface area contributed by atoms with Crippen molar-refractivity contribution in [2.75, 3.05) is 6.54 Å². The Kier molecular flexibility index (Phi) is 6.12. The predicted octanol–water partition coefficient (Wildman–Crippen LogP) is 1.12. The van der Waals surface area contributed by atoms with Crippen molar-refractivity contribution in [3.63, 3.8) is 0 Å². The summed E-state index contributed by atoms with van der Waals surface area (Å²) in [7, 11) is 0. The predicted molar refractivity (Wildman–Crippen MR) is 69.0 cm³/mol. The molecule has 5 nitrogen and oxygen atoms in total. The summed E-state index contributed by atoms with van der Waals surface area (Å²) in [4.78, 5) is 22.3. The molecule has 1 rings (SSSR count). The molecule has 0 aromatic rings. The van der Waals surface area contributed by atoms with Crippen LogP contribution in [0.3, 0.4) is 0 Å². The molecule has 0 aliphatic heterocycles. The molecule has 18 heavy (non-hydrogen) atoms. The molecule has 1 unspecified atom stereocenters. The molecule has 0 radical (unpaired) electrons. The zero-order valence-electron chi connectivity index (χ0n) is 11.0. The molecule has 0 saturated heterocycles. The summed E-state index contributed by atoms with van der Waals surface area (Å²) in [6.07, 6.45) is 4.43. The minimum atomic E-state index is -0.686. The van der Waals surface area contributed by atoms with Gasteiger partial charge in [0.1, 0.15) is 0 Å². The van der Waals surface area contributed by atoms with Crippen LogP contribution in [0.5, 0.6) is 0 Å². The highest BCUT2D eigenvalue weighted by atomic mass is 16.4. The van der Waals surface area contributed by atoms with E-state index in [9.17, 15) is 9.59 Å². The number of nitrogens with two attached hydrogens (primary N) is 1. The van der Waals surface area contributed by atoms with Gasteiger partial charge >= 0.3 is 5.97 Å². The lowest BCUT2D eigenvalue weighted by atomic mass is 9.82. The summed E-state index contributed by atoms with van der Waals surface area (Å²) in [5.41, 5.74) is 5.59. The van der Waals surface area contributed by atoms with Gasteiger partial charge in [0.15, 0.2) is 0 Å². The highest BCUT2D eigenvalue weighted by Crippen LogP contribution is 2.28. The van der Waals surface area contributed by atoms with E-state index in [1.165, 1.54) is 0 Å². The molecule has 1 amide bonds. The van der Waals surface area contributed by atoms with Gasteiger partial charge in [-0.05, 0) is 44.9 Å². The van der Waals surface area contributed by atoms with Crippen molar-refractivity contribution in [2.45, 2.75) is 51.5 Å². The minimum Gasteiger partial charge on any atom is -0.481 e. The maximum Gasteiger partial charge on any atom is 0.306 e. The lowest BCUT2D eigenvalue weighted by Gasteiger charge is -2.26. The topological polar surface area (TPSA) is 92.4 Å². The smallest absolute Gasteiger partial charge is 0.306 e. The van der Waals surface area contributed by atoms with Gasteiger partial charge in [-0.15, -0.1) is 0 Å². The van der Waals surface area contributed by atoms with Crippen LogP contribution in [-0.2, 0) is 9.59 Å². The Balaban J connectivity index is 2.14. The number of carboxylic acid groups (broad SMARTS) is 1. The zero-order chi connectivity index (χ0) is 13.5. The Hall–Kier alpha value is -1.10. The van der Waals surface area contributed by atoms with Gasteiger partial charge in [0.2, 0.25) is 5.91 Å². The summed E-state index contributed by atoms with van der Waals surface area (Å²) in [5.74, 6) is -0.392. The van der Waals surface area contributed by atoms with Gasteiger partial charge in [-0.25, -0.2) is 0 Å². The lowest BCUT2D eigenvalue weighted by molar-refractivity contribution is -0.143. The molecule has 1 aliphatic carbocycles. The summed E-state index contributed by atoms with van der Waals surface area (Å²) < 4.78 is 0. The molecule has 0 bridgehead atoms. The van der Waals surface area contributed by atoms with Crippen LogP contribution in [0, 0.1) is 11.8 Å². The van der Waals surface area contributed by atoms with Crippen molar-refractivity contribution in [2.24, 2.45) is 17.6 Å². The van der Waals surface area contributed by atoms with Crippen LogP contribution in [-0.4, -0.2) is 29.6 Å². The van der Waals surface area contributed by atoms with E-state index in [2.05, 4.69) is 5.32 Å². The van der Waals surface area contributed by atoms with E-state index < -0.39 is 5.97 Å². The monoisotopic (exact) mass is 256 g/mol. The largest absolute Gasteiger partial charge is 0.481 e. The van der Waals surface area contributed by atoms with Crippen molar-refractivity contribution in [1.29, 1.82) is 0 Å². The Morgan fingerprint density at radius 3 is 2.44 bits per heavy atom. The Morgan fingerprint density at radius 1 is 1.33 bits per heavy atom. The SMILES string of the molecule is CC(N)CCC(=O)NCC1CCC(C(=O)O)CC1.